The Bertz CT molecular complexity index is 628. The average Bonchev–Trinajstić information content (AvgIpc) is 2.76. The largest absolute Gasteiger partial charge is 0.442 e. The van der Waals surface area contributed by atoms with Crippen molar-refractivity contribution in [1.29, 1.82) is 0 Å². The quantitative estimate of drug-likeness (QED) is 0.380. The number of amides is 3. The maximum absolute atomic E-state index is 11.8. The van der Waals surface area contributed by atoms with Crippen molar-refractivity contribution in [1.82, 2.24) is 4.98 Å². The highest BCUT2D eigenvalue weighted by molar-refractivity contribution is 6.28. The Labute approximate surface area is 127 Å². The molecule has 3 amide bonds. The van der Waals surface area contributed by atoms with Crippen LogP contribution in [-0.4, -0.2) is 28.5 Å². The van der Waals surface area contributed by atoms with Gasteiger partial charge in [-0.25, -0.2) is 20.5 Å². The third kappa shape index (κ3) is 3.29. The lowest BCUT2D eigenvalue weighted by Crippen LogP contribution is -2.42. The molecule has 8 heteroatoms. The summed E-state index contributed by atoms with van der Waals surface area (Å²) in [5.41, 5.74) is -0.393. The highest BCUT2D eigenvalue weighted by Crippen LogP contribution is 2.20. The van der Waals surface area contributed by atoms with E-state index in [1.165, 1.54) is 30.5 Å². The second-order valence-corrected chi connectivity index (χ2v) is 5.57. The van der Waals surface area contributed by atoms with E-state index < -0.39 is 23.5 Å². The third-order valence-electron chi connectivity index (χ3n) is 2.64. The standard InChI is InChI=1S/C14H16N4O4/c1-14(2,3)22-13(21)18(15)10-5-4-9(8-16-10)17-11(19)6-7-12(17)20/h4-8H,15H2,1-3H3. The van der Waals surface area contributed by atoms with Crippen LogP contribution in [0.15, 0.2) is 30.5 Å². The number of pyridine rings is 1. The zero-order chi connectivity index (χ0) is 16.5. The summed E-state index contributed by atoms with van der Waals surface area (Å²) >= 11 is 0. The smallest absolute Gasteiger partial charge is 0.430 e. The van der Waals surface area contributed by atoms with Crippen molar-refractivity contribution in [2.75, 3.05) is 9.91 Å². The maximum Gasteiger partial charge on any atom is 0.430 e. The number of hydrogen-bond donors (Lipinski definition) is 1. The van der Waals surface area contributed by atoms with E-state index in [-0.39, 0.29) is 5.82 Å². The minimum Gasteiger partial charge on any atom is -0.442 e. The van der Waals surface area contributed by atoms with Crippen LogP contribution in [0.4, 0.5) is 16.3 Å². The summed E-state index contributed by atoms with van der Waals surface area (Å²) in [5, 5.41) is 0.751. The van der Waals surface area contributed by atoms with Crippen LogP contribution in [0.25, 0.3) is 0 Å². The number of ether oxygens (including phenoxy) is 1. The van der Waals surface area contributed by atoms with Crippen LogP contribution in [0.1, 0.15) is 20.8 Å². The topological polar surface area (TPSA) is 106 Å². The van der Waals surface area contributed by atoms with E-state index in [4.69, 9.17) is 10.6 Å². The molecule has 1 aromatic heterocycles. The van der Waals surface area contributed by atoms with E-state index >= 15 is 0 Å². The molecule has 0 atom stereocenters. The molecule has 116 valence electrons. The first-order valence-electron chi connectivity index (χ1n) is 6.49. The number of rotatable bonds is 2. The second kappa shape index (κ2) is 5.57. The third-order valence-corrected chi connectivity index (χ3v) is 2.64. The van der Waals surface area contributed by atoms with Crippen LogP contribution in [0, 0.1) is 0 Å². The monoisotopic (exact) mass is 304 g/mol. The number of nitrogens with two attached hydrogens (primary N) is 1. The Hall–Kier alpha value is -2.74. The van der Waals surface area contributed by atoms with Crippen LogP contribution >= 0.6 is 0 Å². The number of hydrazine groups is 1. The lowest BCUT2D eigenvalue weighted by molar-refractivity contribution is -0.119. The highest BCUT2D eigenvalue weighted by atomic mass is 16.6. The zero-order valence-electron chi connectivity index (χ0n) is 12.4. The van der Waals surface area contributed by atoms with Gasteiger partial charge in [-0.2, -0.15) is 5.01 Å². The number of carbonyl (C=O) groups is 3. The van der Waals surface area contributed by atoms with Crippen molar-refractivity contribution < 1.29 is 19.1 Å². The first kappa shape index (κ1) is 15.6. The summed E-state index contributed by atoms with van der Waals surface area (Å²) in [4.78, 5) is 39.8. The van der Waals surface area contributed by atoms with Gasteiger partial charge in [0, 0.05) is 12.2 Å². The van der Waals surface area contributed by atoms with Crippen molar-refractivity contribution in [3.63, 3.8) is 0 Å². The van der Waals surface area contributed by atoms with Crippen molar-refractivity contribution in [2.45, 2.75) is 26.4 Å². The lowest BCUT2D eigenvalue weighted by atomic mass is 10.2. The lowest BCUT2D eigenvalue weighted by Gasteiger charge is -2.23. The molecule has 22 heavy (non-hydrogen) atoms. The molecule has 0 aromatic carbocycles. The summed E-state index contributed by atoms with van der Waals surface area (Å²) in [7, 11) is 0. The van der Waals surface area contributed by atoms with E-state index in [0.29, 0.717) is 5.69 Å². The van der Waals surface area contributed by atoms with Crippen LogP contribution < -0.4 is 15.8 Å². The Balaban J connectivity index is 2.14. The SMILES string of the molecule is CC(C)(C)OC(=O)N(N)c1ccc(N2C(=O)C=CC2=O)cn1. The molecular weight excluding hydrogens is 288 g/mol. The summed E-state index contributed by atoms with van der Waals surface area (Å²) in [6, 6.07) is 2.88. The summed E-state index contributed by atoms with van der Waals surface area (Å²) in [6.45, 7) is 5.15. The molecule has 0 spiro atoms. The summed E-state index contributed by atoms with van der Waals surface area (Å²) in [5.74, 6) is 4.87. The number of anilines is 2. The number of nitrogens with zero attached hydrogens (tertiary/aromatic N) is 3. The minimum atomic E-state index is -0.761. The molecule has 8 nitrogen and oxygen atoms in total. The average molecular weight is 304 g/mol. The fraction of sp³-hybridized carbons (Fsp3) is 0.286. The van der Waals surface area contributed by atoms with E-state index in [1.807, 2.05) is 0 Å². The molecule has 2 heterocycles. The van der Waals surface area contributed by atoms with Gasteiger partial charge in [-0.05, 0) is 32.9 Å². The Morgan fingerprint density at radius 3 is 2.27 bits per heavy atom. The molecule has 0 unspecified atom stereocenters. The van der Waals surface area contributed by atoms with Crippen molar-refractivity contribution >= 4 is 29.4 Å². The number of carbonyl (C=O) groups excluding carboxylic acids is 3. The van der Waals surface area contributed by atoms with Crippen LogP contribution in [0.3, 0.4) is 0 Å². The van der Waals surface area contributed by atoms with Crippen molar-refractivity contribution in [3.8, 4) is 0 Å². The number of aromatic nitrogens is 1. The van der Waals surface area contributed by atoms with E-state index in [2.05, 4.69) is 4.98 Å². The summed E-state index contributed by atoms with van der Waals surface area (Å²) < 4.78 is 5.11. The molecule has 1 aliphatic heterocycles. The number of imide groups is 1. The van der Waals surface area contributed by atoms with E-state index in [0.717, 1.165) is 9.91 Å². The number of hydrogen-bond acceptors (Lipinski definition) is 6. The van der Waals surface area contributed by atoms with Gasteiger partial charge < -0.3 is 4.74 Å². The van der Waals surface area contributed by atoms with Crippen molar-refractivity contribution in [3.05, 3.63) is 30.5 Å². The van der Waals surface area contributed by atoms with E-state index in [9.17, 15) is 14.4 Å². The maximum atomic E-state index is 11.8. The molecule has 2 rings (SSSR count). The predicted molar refractivity (Wildman–Crippen MR) is 78.8 cm³/mol. The van der Waals surface area contributed by atoms with Gasteiger partial charge in [0.25, 0.3) is 11.8 Å². The fourth-order valence-electron chi connectivity index (χ4n) is 1.71. The van der Waals surface area contributed by atoms with Gasteiger partial charge in [0.2, 0.25) is 0 Å². The van der Waals surface area contributed by atoms with Gasteiger partial charge in [-0.1, -0.05) is 0 Å². The second-order valence-electron chi connectivity index (χ2n) is 5.57. The van der Waals surface area contributed by atoms with E-state index in [1.54, 1.807) is 20.8 Å². The Morgan fingerprint density at radius 1 is 1.23 bits per heavy atom. The first-order chi connectivity index (χ1) is 10.2. The van der Waals surface area contributed by atoms with Crippen LogP contribution in [0.5, 0.6) is 0 Å². The molecule has 0 bridgehead atoms. The summed E-state index contributed by atoms with van der Waals surface area (Å²) in [6.07, 6.45) is 2.86. The highest BCUT2D eigenvalue weighted by Gasteiger charge is 2.26. The van der Waals surface area contributed by atoms with Crippen LogP contribution in [-0.2, 0) is 14.3 Å². The van der Waals surface area contributed by atoms with Gasteiger partial charge in [0.15, 0.2) is 5.82 Å². The molecular formula is C14H16N4O4. The van der Waals surface area contributed by atoms with Crippen molar-refractivity contribution in [2.24, 2.45) is 5.84 Å². The van der Waals surface area contributed by atoms with Crippen LogP contribution in [0.2, 0.25) is 0 Å². The molecule has 2 N–H and O–H groups in total. The van der Waals surface area contributed by atoms with Gasteiger partial charge in [0.1, 0.15) is 5.60 Å². The zero-order valence-corrected chi connectivity index (χ0v) is 12.4. The molecule has 0 saturated heterocycles. The van der Waals surface area contributed by atoms with Gasteiger partial charge in [-0.3, -0.25) is 9.59 Å². The molecule has 0 fully saturated rings. The molecule has 0 saturated carbocycles. The molecule has 1 aromatic rings. The van der Waals surface area contributed by atoms with Gasteiger partial charge in [0.05, 0.1) is 11.9 Å². The molecule has 0 radical (unpaired) electrons. The normalized spacial score (nSPS) is 14.5. The fourth-order valence-corrected chi connectivity index (χ4v) is 1.71. The molecule has 1 aliphatic rings. The molecule has 0 aliphatic carbocycles. The Morgan fingerprint density at radius 2 is 1.82 bits per heavy atom. The van der Waals surface area contributed by atoms with Gasteiger partial charge >= 0.3 is 6.09 Å². The Kier molecular flexibility index (Phi) is 3.96. The van der Waals surface area contributed by atoms with Gasteiger partial charge in [-0.15, -0.1) is 0 Å². The first-order valence-corrected chi connectivity index (χ1v) is 6.49. The predicted octanol–water partition coefficient (Wildman–Crippen LogP) is 1.13. The minimum absolute atomic E-state index is 0.130.